The van der Waals surface area contributed by atoms with Gasteiger partial charge >= 0.3 is 5.97 Å². The number of ether oxygens (including phenoxy) is 2. The van der Waals surface area contributed by atoms with Crippen molar-refractivity contribution in [2.75, 3.05) is 30.8 Å². The summed E-state index contributed by atoms with van der Waals surface area (Å²) in [4.78, 5) is 14.3. The Hall–Kier alpha value is -1.27. The van der Waals surface area contributed by atoms with E-state index in [0.29, 0.717) is 10.6 Å². The zero-order valence-electron chi connectivity index (χ0n) is 12.6. The van der Waals surface area contributed by atoms with Gasteiger partial charge in [-0.2, -0.15) is 0 Å². The molecule has 112 valence electrons. The van der Waals surface area contributed by atoms with Gasteiger partial charge in [-0.05, 0) is 33.8 Å². The minimum Gasteiger partial charge on any atom is -0.465 e. The molecule has 6 heteroatoms. The highest BCUT2D eigenvalue weighted by molar-refractivity contribution is 7.18. The summed E-state index contributed by atoms with van der Waals surface area (Å²) < 4.78 is 10.8. The lowest BCUT2D eigenvalue weighted by atomic mass is 9.99. The van der Waals surface area contributed by atoms with Gasteiger partial charge in [0.15, 0.2) is 0 Å². The third-order valence-electron chi connectivity index (χ3n) is 3.13. The highest BCUT2D eigenvalue weighted by atomic mass is 32.1. The van der Waals surface area contributed by atoms with Gasteiger partial charge in [0.2, 0.25) is 0 Å². The van der Waals surface area contributed by atoms with Gasteiger partial charge in [-0.3, -0.25) is 0 Å². The maximum Gasteiger partial charge on any atom is 0.350 e. The Labute approximate surface area is 123 Å². The summed E-state index contributed by atoms with van der Waals surface area (Å²) >= 11 is 1.37. The number of hydrogen-bond acceptors (Lipinski definition) is 6. The van der Waals surface area contributed by atoms with E-state index < -0.39 is 0 Å². The number of rotatable bonds is 2. The van der Waals surface area contributed by atoms with E-state index in [1.165, 1.54) is 18.4 Å². The number of morpholine rings is 1. The number of nitrogen functional groups attached to an aromatic ring is 1. The van der Waals surface area contributed by atoms with Crippen molar-refractivity contribution in [1.82, 2.24) is 0 Å². The molecule has 1 aromatic heterocycles. The molecule has 0 aromatic carbocycles. The van der Waals surface area contributed by atoms with E-state index in [-0.39, 0.29) is 17.2 Å². The van der Waals surface area contributed by atoms with Crippen LogP contribution in [0.4, 0.5) is 10.7 Å². The number of methoxy groups -OCH3 is 1. The molecule has 1 aliphatic heterocycles. The molecule has 0 saturated carbocycles. The van der Waals surface area contributed by atoms with Gasteiger partial charge in [0.25, 0.3) is 0 Å². The second-order valence-corrected chi connectivity index (χ2v) is 7.37. The highest BCUT2D eigenvalue weighted by Gasteiger charge is 2.39. The van der Waals surface area contributed by atoms with E-state index in [1.54, 1.807) is 0 Å². The van der Waals surface area contributed by atoms with E-state index in [2.05, 4.69) is 32.6 Å². The molecule has 0 spiro atoms. The molecule has 20 heavy (non-hydrogen) atoms. The van der Waals surface area contributed by atoms with E-state index in [4.69, 9.17) is 15.2 Å². The molecular weight excluding hydrogens is 276 g/mol. The number of hydrogen-bond donors (Lipinski definition) is 1. The molecular formula is C14H22N2O3S. The van der Waals surface area contributed by atoms with Crippen LogP contribution in [0.5, 0.6) is 0 Å². The molecule has 2 rings (SSSR count). The minimum atomic E-state index is -0.384. The summed E-state index contributed by atoms with van der Waals surface area (Å²) in [5.41, 5.74) is 5.89. The molecule has 5 nitrogen and oxygen atoms in total. The Balaban J connectivity index is 2.29. The Morgan fingerprint density at radius 3 is 2.40 bits per heavy atom. The third kappa shape index (κ3) is 3.07. The average molecular weight is 298 g/mol. The SMILES string of the molecule is COC(=O)c1sc(N2CC(C)(C)OC(C)(C)C2)cc1N. The fourth-order valence-corrected chi connectivity index (χ4v) is 3.74. The summed E-state index contributed by atoms with van der Waals surface area (Å²) in [5.74, 6) is -0.384. The van der Waals surface area contributed by atoms with E-state index in [1.807, 2.05) is 6.07 Å². The van der Waals surface area contributed by atoms with Crippen LogP contribution in [-0.4, -0.2) is 37.4 Å². The smallest absolute Gasteiger partial charge is 0.350 e. The highest BCUT2D eigenvalue weighted by Crippen LogP contribution is 2.37. The number of nitrogens with two attached hydrogens (primary N) is 1. The standard InChI is InChI=1S/C14H22N2O3S/c1-13(2)7-16(8-14(3,4)19-13)10-6-9(15)11(20-10)12(17)18-5/h6H,7-8,15H2,1-5H3. The number of nitrogens with zero attached hydrogens (tertiary/aromatic N) is 1. The number of carbonyl (C=O) groups excluding carboxylic acids is 1. The fourth-order valence-electron chi connectivity index (χ4n) is 2.74. The predicted molar refractivity (Wildman–Crippen MR) is 81.5 cm³/mol. The van der Waals surface area contributed by atoms with Gasteiger partial charge in [-0.15, -0.1) is 11.3 Å². The Morgan fingerprint density at radius 1 is 1.35 bits per heavy atom. The molecule has 1 saturated heterocycles. The maximum atomic E-state index is 11.7. The first-order valence-electron chi connectivity index (χ1n) is 6.56. The summed E-state index contributed by atoms with van der Waals surface area (Å²) in [6.07, 6.45) is 0. The van der Waals surface area contributed by atoms with Gasteiger partial charge in [0.1, 0.15) is 4.88 Å². The van der Waals surface area contributed by atoms with Crippen molar-refractivity contribution in [1.29, 1.82) is 0 Å². The lowest BCUT2D eigenvalue weighted by Gasteiger charge is -2.47. The van der Waals surface area contributed by atoms with E-state index in [9.17, 15) is 4.79 Å². The largest absolute Gasteiger partial charge is 0.465 e. The number of esters is 1. The topological polar surface area (TPSA) is 64.8 Å². The van der Waals surface area contributed by atoms with Crippen LogP contribution < -0.4 is 10.6 Å². The van der Waals surface area contributed by atoms with E-state index >= 15 is 0 Å². The second-order valence-electron chi connectivity index (χ2n) is 6.34. The summed E-state index contributed by atoms with van der Waals surface area (Å²) in [6, 6.07) is 1.84. The van der Waals surface area contributed by atoms with Crippen LogP contribution in [0.2, 0.25) is 0 Å². The van der Waals surface area contributed by atoms with Crippen molar-refractivity contribution in [3.63, 3.8) is 0 Å². The Morgan fingerprint density at radius 2 is 1.90 bits per heavy atom. The average Bonchev–Trinajstić information content (AvgIpc) is 2.66. The molecule has 1 fully saturated rings. The van der Waals surface area contributed by atoms with Crippen molar-refractivity contribution in [2.24, 2.45) is 0 Å². The first-order valence-corrected chi connectivity index (χ1v) is 7.38. The third-order valence-corrected chi connectivity index (χ3v) is 4.32. The molecule has 0 unspecified atom stereocenters. The molecule has 0 aliphatic carbocycles. The molecule has 0 bridgehead atoms. The van der Waals surface area contributed by atoms with Crippen LogP contribution in [0.15, 0.2) is 6.07 Å². The van der Waals surface area contributed by atoms with Crippen molar-refractivity contribution < 1.29 is 14.3 Å². The van der Waals surface area contributed by atoms with Crippen molar-refractivity contribution in [3.8, 4) is 0 Å². The Bertz CT molecular complexity index is 506. The van der Waals surface area contributed by atoms with Crippen molar-refractivity contribution in [2.45, 2.75) is 38.9 Å². The van der Waals surface area contributed by atoms with Crippen molar-refractivity contribution >= 4 is 28.0 Å². The number of thiophene rings is 1. The monoisotopic (exact) mass is 298 g/mol. The molecule has 2 N–H and O–H groups in total. The zero-order chi connectivity index (χ0) is 15.1. The predicted octanol–water partition coefficient (Wildman–Crippen LogP) is 2.51. The van der Waals surface area contributed by atoms with Crippen LogP contribution in [0.1, 0.15) is 37.4 Å². The van der Waals surface area contributed by atoms with Gasteiger partial charge in [0.05, 0.1) is 29.0 Å². The van der Waals surface area contributed by atoms with Gasteiger partial charge in [0, 0.05) is 13.1 Å². The van der Waals surface area contributed by atoms with E-state index in [0.717, 1.165) is 18.1 Å². The molecule has 0 amide bonds. The second kappa shape index (κ2) is 4.93. The summed E-state index contributed by atoms with van der Waals surface area (Å²) in [7, 11) is 1.36. The Kier molecular flexibility index (Phi) is 3.73. The number of anilines is 2. The molecule has 1 aromatic rings. The van der Waals surface area contributed by atoms with Crippen LogP contribution in [0.25, 0.3) is 0 Å². The number of carbonyl (C=O) groups is 1. The quantitative estimate of drug-likeness (QED) is 0.850. The fraction of sp³-hybridized carbons (Fsp3) is 0.643. The first-order chi connectivity index (χ1) is 9.13. The van der Waals surface area contributed by atoms with Crippen LogP contribution in [-0.2, 0) is 9.47 Å². The van der Waals surface area contributed by atoms with Crippen LogP contribution in [0, 0.1) is 0 Å². The van der Waals surface area contributed by atoms with Gasteiger partial charge in [-0.25, -0.2) is 4.79 Å². The van der Waals surface area contributed by atoms with Crippen LogP contribution in [0.3, 0.4) is 0 Å². The zero-order valence-corrected chi connectivity index (χ0v) is 13.5. The molecule has 2 heterocycles. The molecule has 1 aliphatic rings. The lowest BCUT2D eigenvalue weighted by Crippen LogP contribution is -2.57. The maximum absolute atomic E-state index is 11.7. The summed E-state index contributed by atoms with van der Waals surface area (Å²) in [6.45, 7) is 9.80. The first kappa shape index (κ1) is 15.1. The van der Waals surface area contributed by atoms with Crippen molar-refractivity contribution in [3.05, 3.63) is 10.9 Å². The normalized spacial score (nSPS) is 20.8. The van der Waals surface area contributed by atoms with Gasteiger partial charge in [-0.1, -0.05) is 0 Å². The lowest BCUT2D eigenvalue weighted by molar-refractivity contribution is -0.132. The van der Waals surface area contributed by atoms with Gasteiger partial charge < -0.3 is 20.1 Å². The van der Waals surface area contributed by atoms with Crippen LogP contribution >= 0.6 is 11.3 Å². The molecule has 0 atom stereocenters. The molecule has 0 radical (unpaired) electrons. The summed E-state index contributed by atoms with van der Waals surface area (Å²) in [5, 5.41) is 0.979. The minimum absolute atomic E-state index is 0.244.